The molecule has 0 radical (unpaired) electrons. The standard InChI is InChI=1S/C69H128O15/c1-4-7-10-31-40-63(78-52-49-70)43-34-25-19-13-16-22-28-37-46-67(73)82-57-55-76-61-66(81-59-60-84-69(75)48-39-30-24-18-15-21-27-36-45-65(80-54-51-72)42-33-12-9-6-3)62-77-56-58-83-68(74)47-38-29-23-17-14-20-26-35-44-64(79-53-50-71)41-32-11-8-5-2/h25-27,34-36,63-66,70-72H,4-24,28-33,37-62H2,1-3H3/b34-25-,35-26-,36-27-. The van der Waals surface area contributed by atoms with E-state index in [0.717, 1.165) is 161 Å². The summed E-state index contributed by atoms with van der Waals surface area (Å²) in [5, 5.41) is 27.5. The van der Waals surface area contributed by atoms with E-state index >= 15 is 0 Å². The molecule has 494 valence electrons. The fourth-order valence-electron chi connectivity index (χ4n) is 9.73. The summed E-state index contributed by atoms with van der Waals surface area (Å²) in [7, 11) is 0. The molecule has 0 fully saturated rings. The highest BCUT2D eigenvalue weighted by atomic mass is 16.6. The first kappa shape index (κ1) is 81.3. The molecule has 0 aliphatic rings. The molecule has 3 unspecified atom stereocenters. The Hall–Kier alpha value is -2.73. The Morgan fingerprint density at radius 3 is 0.917 bits per heavy atom. The molecule has 84 heavy (non-hydrogen) atoms. The Morgan fingerprint density at radius 1 is 0.310 bits per heavy atom. The van der Waals surface area contributed by atoms with Gasteiger partial charge in [0.05, 0.1) is 91.0 Å². The Labute approximate surface area is 512 Å². The number of allylic oxidation sites excluding steroid dienone is 3. The second-order valence-corrected chi connectivity index (χ2v) is 22.5. The largest absolute Gasteiger partial charge is 0.463 e. The van der Waals surface area contributed by atoms with Gasteiger partial charge in [0.2, 0.25) is 0 Å². The minimum atomic E-state index is -0.473. The molecular formula is C69H128O15. The molecule has 0 saturated carbocycles. The van der Waals surface area contributed by atoms with Crippen molar-refractivity contribution in [1.29, 1.82) is 0 Å². The maximum atomic E-state index is 12.5. The fraction of sp³-hybridized carbons (Fsp3) is 0.870. The molecule has 15 nitrogen and oxygen atoms in total. The van der Waals surface area contributed by atoms with E-state index in [2.05, 4.69) is 57.2 Å². The summed E-state index contributed by atoms with van der Waals surface area (Å²) in [6.45, 7) is 9.34. The van der Waals surface area contributed by atoms with Gasteiger partial charge in [0, 0.05) is 19.3 Å². The summed E-state index contributed by atoms with van der Waals surface area (Å²) in [6, 6.07) is 0. The minimum Gasteiger partial charge on any atom is -0.463 e. The first-order valence-corrected chi connectivity index (χ1v) is 34.2. The van der Waals surface area contributed by atoms with Gasteiger partial charge >= 0.3 is 17.9 Å². The zero-order valence-corrected chi connectivity index (χ0v) is 54.0. The monoisotopic (exact) mass is 1200 g/mol. The van der Waals surface area contributed by atoms with Crippen LogP contribution in [-0.2, 0) is 57.0 Å². The number of unbranched alkanes of at least 4 members (excludes halogenated alkanes) is 24. The first-order valence-electron chi connectivity index (χ1n) is 34.2. The Balaban J connectivity index is 4.60. The second kappa shape index (κ2) is 67.8. The average molecular weight is 1200 g/mol. The van der Waals surface area contributed by atoms with Gasteiger partial charge in [0.25, 0.3) is 0 Å². The van der Waals surface area contributed by atoms with Crippen molar-refractivity contribution >= 4 is 17.9 Å². The van der Waals surface area contributed by atoms with Crippen LogP contribution >= 0.6 is 0 Å². The van der Waals surface area contributed by atoms with Gasteiger partial charge in [-0.3, -0.25) is 14.4 Å². The van der Waals surface area contributed by atoms with Gasteiger partial charge in [-0.05, 0) is 96.3 Å². The fourth-order valence-corrected chi connectivity index (χ4v) is 9.73. The van der Waals surface area contributed by atoms with Crippen molar-refractivity contribution in [2.45, 2.75) is 296 Å². The third kappa shape index (κ3) is 60.9. The van der Waals surface area contributed by atoms with Crippen LogP contribution in [0, 0.1) is 0 Å². The predicted octanol–water partition coefficient (Wildman–Crippen LogP) is 15.1. The molecule has 15 heteroatoms. The van der Waals surface area contributed by atoms with Gasteiger partial charge in [0.1, 0.15) is 25.9 Å². The van der Waals surface area contributed by atoms with E-state index in [0.29, 0.717) is 39.1 Å². The highest BCUT2D eigenvalue weighted by Crippen LogP contribution is 2.17. The molecule has 0 aromatic heterocycles. The molecule has 0 aromatic rings. The van der Waals surface area contributed by atoms with E-state index in [-0.39, 0.29) is 109 Å². The number of esters is 3. The number of hydrogen-bond donors (Lipinski definition) is 3. The van der Waals surface area contributed by atoms with Gasteiger partial charge in [0.15, 0.2) is 0 Å². The number of hydrogen-bond acceptors (Lipinski definition) is 15. The van der Waals surface area contributed by atoms with E-state index in [1.807, 2.05) is 0 Å². The van der Waals surface area contributed by atoms with Crippen LogP contribution in [0.2, 0.25) is 0 Å². The molecular weight excluding hydrogens is 1070 g/mol. The Kier molecular flexibility index (Phi) is 65.6. The number of ether oxygens (including phenoxy) is 9. The summed E-state index contributed by atoms with van der Waals surface area (Å²) in [4.78, 5) is 37.4. The molecule has 0 amide bonds. The van der Waals surface area contributed by atoms with Gasteiger partial charge in [-0.25, -0.2) is 0 Å². The van der Waals surface area contributed by atoms with Crippen LogP contribution in [0.15, 0.2) is 36.5 Å². The number of aliphatic hydroxyl groups is 3. The van der Waals surface area contributed by atoms with Gasteiger partial charge in [-0.2, -0.15) is 0 Å². The third-order valence-electron chi connectivity index (χ3n) is 14.7. The molecule has 0 aliphatic heterocycles. The van der Waals surface area contributed by atoms with Crippen LogP contribution in [0.25, 0.3) is 0 Å². The van der Waals surface area contributed by atoms with Crippen molar-refractivity contribution in [3.8, 4) is 0 Å². The van der Waals surface area contributed by atoms with Crippen LogP contribution < -0.4 is 0 Å². The number of rotatable bonds is 68. The minimum absolute atomic E-state index is 0.0586. The van der Waals surface area contributed by atoms with E-state index in [1.165, 1.54) is 70.6 Å². The molecule has 0 rings (SSSR count). The van der Waals surface area contributed by atoms with Crippen molar-refractivity contribution in [2.75, 3.05) is 92.5 Å². The molecule has 0 spiro atoms. The van der Waals surface area contributed by atoms with E-state index in [9.17, 15) is 19.5 Å². The topological polar surface area (TPSA) is 195 Å². The molecule has 3 N–H and O–H groups in total. The Bertz CT molecular complexity index is 1400. The van der Waals surface area contributed by atoms with Crippen LogP contribution in [0.1, 0.15) is 271 Å². The molecule has 3 atom stereocenters. The molecule has 0 aliphatic carbocycles. The summed E-state index contributed by atoms with van der Waals surface area (Å²) in [5.74, 6) is -0.709. The third-order valence-corrected chi connectivity index (χ3v) is 14.7. The maximum Gasteiger partial charge on any atom is 0.305 e. The van der Waals surface area contributed by atoms with Gasteiger partial charge in [-0.15, -0.1) is 0 Å². The Morgan fingerprint density at radius 2 is 0.595 bits per heavy atom. The summed E-state index contributed by atoms with van der Waals surface area (Å²) in [5.41, 5.74) is 0. The quantitative estimate of drug-likeness (QED) is 0.0225. The number of carbonyl (C=O) groups is 3. The highest BCUT2D eigenvalue weighted by Gasteiger charge is 2.14. The SMILES string of the molecule is CCCCCCC(C/C=C\CCCCCCCC(=O)OCCOCC(COCCOC(=O)CCCCCCC/C=C\CC(CCCCCC)OCCO)OCCOC(=O)CCCCCCC/C=C\CC(CCCCCC)OCCO)OCCO. The summed E-state index contributed by atoms with van der Waals surface area (Å²) < 4.78 is 51.5. The van der Waals surface area contributed by atoms with E-state index in [1.54, 1.807) is 0 Å². The highest BCUT2D eigenvalue weighted by molar-refractivity contribution is 5.69. The lowest BCUT2D eigenvalue weighted by molar-refractivity contribution is -0.150. The van der Waals surface area contributed by atoms with Gasteiger partial charge in [-0.1, -0.05) is 192 Å². The molecule has 0 heterocycles. The van der Waals surface area contributed by atoms with Crippen LogP contribution in [-0.4, -0.2) is 150 Å². The molecule has 0 saturated heterocycles. The van der Waals surface area contributed by atoms with Crippen LogP contribution in [0.4, 0.5) is 0 Å². The lowest BCUT2D eigenvalue weighted by atomic mass is 10.1. The zero-order chi connectivity index (χ0) is 61.1. The molecule has 0 aromatic carbocycles. The van der Waals surface area contributed by atoms with Crippen molar-refractivity contribution in [3.05, 3.63) is 36.5 Å². The van der Waals surface area contributed by atoms with E-state index in [4.69, 9.17) is 52.8 Å². The summed E-state index contributed by atoms with van der Waals surface area (Å²) in [6.07, 6.45) is 53.3. The summed E-state index contributed by atoms with van der Waals surface area (Å²) >= 11 is 0. The first-order chi connectivity index (χ1) is 41.3. The smallest absolute Gasteiger partial charge is 0.305 e. The lowest BCUT2D eigenvalue weighted by Gasteiger charge is -2.18. The van der Waals surface area contributed by atoms with Gasteiger partial charge < -0.3 is 58.0 Å². The van der Waals surface area contributed by atoms with Crippen molar-refractivity contribution < 1.29 is 72.3 Å². The maximum absolute atomic E-state index is 12.5. The predicted molar refractivity (Wildman–Crippen MR) is 339 cm³/mol. The van der Waals surface area contributed by atoms with Crippen LogP contribution in [0.3, 0.4) is 0 Å². The second-order valence-electron chi connectivity index (χ2n) is 22.5. The number of aliphatic hydroxyl groups excluding tert-OH is 3. The van der Waals surface area contributed by atoms with Crippen molar-refractivity contribution in [2.24, 2.45) is 0 Å². The normalized spacial score (nSPS) is 13.4. The van der Waals surface area contributed by atoms with Crippen molar-refractivity contribution in [3.63, 3.8) is 0 Å². The average Bonchev–Trinajstić information content (AvgIpc) is 3.50. The van der Waals surface area contributed by atoms with Crippen molar-refractivity contribution in [1.82, 2.24) is 0 Å². The lowest BCUT2D eigenvalue weighted by Crippen LogP contribution is -2.29. The number of carbonyl (C=O) groups excluding carboxylic acids is 3. The van der Waals surface area contributed by atoms with Crippen LogP contribution in [0.5, 0.6) is 0 Å². The molecule has 0 bridgehead atoms. The van der Waals surface area contributed by atoms with E-state index < -0.39 is 6.10 Å². The zero-order valence-electron chi connectivity index (χ0n) is 54.0.